The maximum Gasteiger partial charge on any atom is 0.316 e. The van der Waals surface area contributed by atoms with Gasteiger partial charge in [0.05, 0.1) is 6.20 Å². The highest BCUT2D eigenvalue weighted by molar-refractivity contribution is 6.31. The van der Waals surface area contributed by atoms with Gasteiger partial charge >= 0.3 is 6.03 Å². The van der Waals surface area contributed by atoms with Crippen molar-refractivity contribution in [2.45, 2.75) is 26.9 Å². The van der Waals surface area contributed by atoms with E-state index in [0.717, 1.165) is 12.0 Å². The van der Waals surface area contributed by atoms with E-state index in [1.54, 1.807) is 30.6 Å². The average molecular weight is 322 g/mol. The summed E-state index contributed by atoms with van der Waals surface area (Å²) in [6.45, 7) is 4.28. The van der Waals surface area contributed by atoms with Gasteiger partial charge in [-0.2, -0.15) is 0 Å². The van der Waals surface area contributed by atoms with E-state index < -0.39 is 6.03 Å². The molecule has 1 heterocycles. The van der Waals surface area contributed by atoms with Gasteiger partial charge in [-0.1, -0.05) is 31.5 Å². The number of anilines is 1. The van der Waals surface area contributed by atoms with Crippen molar-refractivity contribution in [1.29, 1.82) is 0 Å². The van der Waals surface area contributed by atoms with Crippen molar-refractivity contribution < 1.29 is 9.53 Å². The number of nitrogens with zero attached hydrogens (tertiary/aromatic N) is 1. The SMILES string of the molecule is CC.NC(=O)Nc1ccc(Cl)c(COC2=CN=CCC=C2)c1. The smallest absolute Gasteiger partial charge is 0.316 e. The lowest BCUT2D eigenvalue weighted by atomic mass is 10.2. The van der Waals surface area contributed by atoms with Crippen molar-refractivity contribution in [3.05, 3.63) is 52.9 Å². The second-order valence-electron chi connectivity index (χ2n) is 4.09. The summed E-state index contributed by atoms with van der Waals surface area (Å²) in [5.74, 6) is 0.656. The number of hydrogen-bond acceptors (Lipinski definition) is 3. The molecule has 3 N–H and O–H groups in total. The summed E-state index contributed by atoms with van der Waals surface area (Å²) in [4.78, 5) is 14.9. The zero-order valence-electron chi connectivity index (χ0n) is 12.7. The number of halogens is 1. The maximum atomic E-state index is 10.8. The second-order valence-corrected chi connectivity index (χ2v) is 4.49. The Kier molecular flexibility index (Phi) is 7.78. The largest absolute Gasteiger partial charge is 0.487 e. The fourth-order valence-electron chi connectivity index (χ4n) is 1.63. The first kappa shape index (κ1) is 17.8. The Hall–Kier alpha value is -2.27. The van der Waals surface area contributed by atoms with Gasteiger partial charge in [0.1, 0.15) is 12.4 Å². The first-order chi connectivity index (χ1) is 10.6. The van der Waals surface area contributed by atoms with Crippen LogP contribution in [0, 0.1) is 0 Å². The number of benzene rings is 1. The van der Waals surface area contributed by atoms with Crippen LogP contribution in [0.3, 0.4) is 0 Å². The summed E-state index contributed by atoms with van der Waals surface area (Å²) in [5, 5.41) is 3.05. The molecule has 1 aliphatic rings. The van der Waals surface area contributed by atoms with Gasteiger partial charge in [0.25, 0.3) is 0 Å². The number of nitrogens with two attached hydrogens (primary N) is 1. The van der Waals surface area contributed by atoms with Crippen LogP contribution in [0.2, 0.25) is 5.02 Å². The van der Waals surface area contributed by atoms with Crippen LogP contribution in [0.1, 0.15) is 25.8 Å². The molecule has 5 nitrogen and oxygen atoms in total. The van der Waals surface area contributed by atoms with Crippen molar-refractivity contribution >= 4 is 29.5 Å². The van der Waals surface area contributed by atoms with Gasteiger partial charge in [0.2, 0.25) is 0 Å². The van der Waals surface area contributed by atoms with Crippen molar-refractivity contribution in [2.24, 2.45) is 10.7 Å². The van der Waals surface area contributed by atoms with E-state index in [9.17, 15) is 4.79 Å². The maximum absolute atomic E-state index is 10.8. The molecule has 118 valence electrons. The molecular weight excluding hydrogens is 302 g/mol. The van der Waals surface area contributed by atoms with Crippen LogP contribution in [0.25, 0.3) is 0 Å². The summed E-state index contributed by atoms with van der Waals surface area (Å²) in [6, 6.07) is 4.45. The van der Waals surface area contributed by atoms with E-state index in [1.165, 1.54) is 0 Å². The molecule has 1 aliphatic heterocycles. The Labute approximate surface area is 135 Å². The molecule has 0 unspecified atom stereocenters. The molecule has 0 aromatic heterocycles. The Morgan fingerprint density at radius 1 is 1.45 bits per heavy atom. The normalized spacial score (nSPS) is 12.6. The summed E-state index contributed by atoms with van der Waals surface area (Å²) in [7, 11) is 0. The molecule has 0 saturated carbocycles. The third kappa shape index (κ3) is 6.01. The second kappa shape index (κ2) is 9.63. The van der Waals surface area contributed by atoms with Gasteiger partial charge in [-0.3, -0.25) is 4.99 Å². The molecule has 2 amide bonds. The lowest BCUT2D eigenvalue weighted by Gasteiger charge is -2.10. The number of aliphatic imine (C=N–C) groups is 1. The average Bonchev–Trinajstić information content (AvgIpc) is 2.78. The number of rotatable bonds is 4. The molecule has 1 aromatic rings. The minimum Gasteiger partial charge on any atom is -0.487 e. The number of carbonyl (C=O) groups is 1. The van der Waals surface area contributed by atoms with Crippen LogP contribution in [-0.2, 0) is 11.3 Å². The van der Waals surface area contributed by atoms with Crippen LogP contribution in [0.15, 0.2) is 47.3 Å². The first-order valence-corrected chi connectivity index (χ1v) is 7.39. The molecule has 0 aliphatic carbocycles. The van der Waals surface area contributed by atoms with E-state index in [-0.39, 0.29) is 6.61 Å². The van der Waals surface area contributed by atoms with Gasteiger partial charge in [-0.05, 0) is 24.3 Å². The number of carbonyl (C=O) groups excluding carboxylic acids is 1. The number of urea groups is 1. The standard InChI is InChI=1S/C14H14ClN3O2.C2H6/c15-13-5-4-11(18-14(16)19)7-10(13)9-20-12-3-1-2-6-17-8-12;1-2/h1,3-8H,2,9H2,(H3,16,18,19);1-2H3. The summed E-state index contributed by atoms with van der Waals surface area (Å²) in [5.41, 5.74) is 6.40. The Morgan fingerprint density at radius 3 is 2.95 bits per heavy atom. The highest BCUT2D eigenvalue weighted by Crippen LogP contribution is 2.22. The lowest BCUT2D eigenvalue weighted by Crippen LogP contribution is -2.19. The molecule has 0 bridgehead atoms. The van der Waals surface area contributed by atoms with Gasteiger partial charge in [0, 0.05) is 28.9 Å². The zero-order valence-corrected chi connectivity index (χ0v) is 13.4. The topological polar surface area (TPSA) is 76.7 Å². The van der Waals surface area contributed by atoms with Crippen LogP contribution < -0.4 is 11.1 Å². The van der Waals surface area contributed by atoms with Gasteiger partial charge in [-0.25, -0.2) is 4.79 Å². The van der Waals surface area contributed by atoms with E-state index in [1.807, 2.05) is 26.0 Å². The fraction of sp³-hybridized carbons (Fsp3) is 0.250. The molecular formula is C16H20ClN3O2. The molecule has 0 radical (unpaired) electrons. The van der Waals surface area contributed by atoms with Crippen molar-refractivity contribution in [1.82, 2.24) is 0 Å². The number of amides is 2. The summed E-state index contributed by atoms with van der Waals surface area (Å²) < 4.78 is 5.62. The van der Waals surface area contributed by atoms with E-state index >= 15 is 0 Å². The number of ether oxygens (including phenoxy) is 1. The monoisotopic (exact) mass is 321 g/mol. The van der Waals surface area contributed by atoms with Gasteiger partial charge in [-0.15, -0.1) is 0 Å². The summed E-state index contributed by atoms with van der Waals surface area (Å²) in [6.07, 6.45) is 8.02. The molecule has 0 spiro atoms. The first-order valence-electron chi connectivity index (χ1n) is 7.01. The number of nitrogens with one attached hydrogen (secondary N) is 1. The lowest BCUT2D eigenvalue weighted by molar-refractivity contribution is 0.210. The fourth-order valence-corrected chi connectivity index (χ4v) is 1.80. The van der Waals surface area contributed by atoms with Crippen LogP contribution in [0.4, 0.5) is 10.5 Å². The van der Waals surface area contributed by atoms with E-state index in [2.05, 4.69) is 10.3 Å². The van der Waals surface area contributed by atoms with E-state index in [4.69, 9.17) is 22.1 Å². The number of allylic oxidation sites excluding steroid dienone is 2. The number of primary amides is 1. The minimum absolute atomic E-state index is 0.277. The van der Waals surface area contributed by atoms with Crippen molar-refractivity contribution in [2.75, 3.05) is 5.32 Å². The quantitative estimate of drug-likeness (QED) is 0.869. The van der Waals surface area contributed by atoms with Gasteiger partial charge < -0.3 is 15.8 Å². The van der Waals surface area contributed by atoms with Crippen molar-refractivity contribution in [3.63, 3.8) is 0 Å². The molecule has 22 heavy (non-hydrogen) atoms. The molecule has 2 rings (SSSR count). The molecule has 6 heteroatoms. The third-order valence-corrected chi connectivity index (χ3v) is 2.91. The Balaban J connectivity index is 0.00000116. The molecule has 0 fully saturated rings. The zero-order chi connectivity index (χ0) is 16.4. The molecule has 0 atom stereocenters. The predicted molar refractivity (Wildman–Crippen MR) is 91.1 cm³/mol. The van der Waals surface area contributed by atoms with E-state index in [0.29, 0.717) is 16.5 Å². The predicted octanol–water partition coefficient (Wildman–Crippen LogP) is 4.25. The minimum atomic E-state index is -0.622. The molecule has 1 aromatic carbocycles. The summed E-state index contributed by atoms with van der Waals surface area (Å²) >= 11 is 6.09. The number of hydrogen-bond donors (Lipinski definition) is 2. The van der Waals surface area contributed by atoms with Crippen molar-refractivity contribution in [3.8, 4) is 0 Å². The third-order valence-electron chi connectivity index (χ3n) is 2.54. The van der Waals surface area contributed by atoms with Crippen LogP contribution in [-0.4, -0.2) is 12.2 Å². The molecule has 0 saturated heterocycles. The Bertz CT molecular complexity index is 595. The highest BCUT2D eigenvalue weighted by Gasteiger charge is 2.05. The van der Waals surface area contributed by atoms with Crippen LogP contribution in [0.5, 0.6) is 0 Å². The van der Waals surface area contributed by atoms with Crippen LogP contribution >= 0.6 is 11.6 Å². The van der Waals surface area contributed by atoms with Gasteiger partial charge in [0.15, 0.2) is 0 Å². The Morgan fingerprint density at radius 2 is 2.23 bits per heavy atom. The highest BCUT2D eigenvalue weighted by atomic mass is 35.5.